The lowest BCUT2D eigenvalue weighted by molar-refractivity contribution is 0.509. The molecular weight excluding hydrogens is 258 g/mol. The summed E-state index contributed by atoms with van der Waals surface area (Å²) in [6, 6.07) is 4.15. The number of aromatic nitrogens is 2. The Balaban J connectivity index is 2.10. The fraction of sp³-hybridized carbons (Fsp3) is 0.429. The van der Waals surface area contributed by atoms with Gasteiger partial charge in [-0.1, -0.05) is 13.8 Å². The molecular formula is C14H19N3OS. The predicted octanol–water partition coefficient (Wildman–Crippen LogP) is 2.88. The van der Waals surface area contributed by atoms with Gasteiger partial charge in [-0.15, -0.1) is 11.3 Å². The molecule has 0 spiro atoms. The van der Waals surface area contributed by atoms with E-state index in [2.05, 4.69) is 43.2 Å². The first-order valence-electron chi connectivity index (χ1n) is 6.41. The third-order valence-corrected chi connectivity index (χ3v) is 3.70. The van der Waals surface area contributed by atoms with E-state index < -0.39 is 0 Å². The summed E-state index contributed by atoms with van der Waals surface area (Å²) in [5, 5.41) is 3.12. The Hall–Kier alpha value is -1.62. The Kier molecular flexibility index (Phi) is 4.37. The number of hydrogen-bond acceptors (Lipinski definition) is 4. The van der Waals surface area contributed by atoms with Crippen molar-refractivity contribution in [3.8, 4) is 0 Å². The molecule has 0 aliphatic heterocycles. The molecule has 1 N–H and O–H groups in total. The van der Waals surface area contributed by atoms with Crippen LogP contribution in [0.1, 0.15) is 23.6 Å². The van der Waals surface area contributed by atoms with Crippen LogP contribution in [-0.2, 0) is 13.1 Å². The van der Waals surface area contributed by atoms with Gasteiger partial charge in [0, 0.05) is 28.7 Å². The summed E-state index contributed by atoms with van der Waals surface area (Å²) >= 11 is 1.73. The Morgan fingerprint density at radius 1 is 1.42 bits per heavy atom. The number of aryl methyl sites for hydroxylation is 1. The SMILES string of the molecule is Cc1ccc(CNc2nccn(CC(C)C)c2=O)s1. The second-order valence-corrected chi connectivity index (χ2v) is 6.37. The summed E-state index contributed by atoms with van der Waals surface area (Å²) in [7, 11) is 0. The van der Waals surface area contributed by atoms with E-state index in [-0.39, 0.29) is 5.56 Å². The van der Waals surface area contributed by atoms with Gasteiger partial charge >= 0.3 is 0 Å². The minimum atomic E-state index is -0.0514. The lowest BCUT2D eigenvalue weighted by Crippen LogP contribution is -2.25. The van der Waals surface area contributed by atoms with Gasteiger partial charge in [0.15, 0.2) is 5.82 Å². The average molecular weight is 277 g/mol. The molecule has 0 aromatic carbocycles. The van der Waals surface area contributed by atoms with Crippen LogP contribution in [0, 0.1) is 12.8 Å². The van der Waals surface area contributed by atoms with Crippen LogP contribution in [0.3, 0.4) is 0 Å². The zero-order valence-electron chi connectivity index (χ0n) is 11.5. The molecule has 4 nitrogen and oxygen atoms in total. The molecule has 0 atom stereocenters. The molecule has 0 saturated carbocycles. The van der Waals surface area contributed by atoms with Gasteiger partial charge in [0.25, 0.3) is 5.56 Å². The lowest BCUT2D eigenvalue weighted by Gasteiger charge is -2.10. The van der Waals surface area contributed by atoms with Crippen LogP contribution in [-0.4, -0.2) is 9.55 Å². The van der Waals surface area contributed by atoms with Crippen molar-refractivity contribution < 1.29 is 0 Å². The monoisotopic (exact) mass is 277 g/mol. The maximum atomic E-state index is 12.2. The quantitative estimate of drug-likeness (QED) is 0.914. The third-order valence-electron chi connectivity index (χ3n) is 2.70. The first kappa shape index (κ1) is 13.8. The molecule has 0 saturated heterocycles. The highest BCUT2D eigenvalue weighted by Gasteiger charge is 2.06. The van der Waals surface area contributed by atoms with Gasteiger partial charge in [-0.2, -0.15) is 0 Å². The number of nitrogens with zero attached hydrogens (tertiary/aromatic N) is 2. The van der Waals surface area contributed by atoms with Crippen LogP contribution in [0.15, 0.2) is 29.3 Å². The van der Waals surface area contributed by atoms with Crippen LogP contribution < -0.4 is 10.9 Å². The largest absolute Gasteiger partial charge is 0.361 e. The summed E-state index contributed by atoms with van der Waals surface area (Å²) in [6.45, 7) is 7.62. The summed E-state index contributed by atoms with van der Waals surface area (Å²) in [5.41, 5.74) is -0.0514. The van der Waals surface area contributed by atoms with Crippen LogP contribution in [0.4, 0.5) is 5.82 Å². The van der Waals surface area contributed by atoms with E-state index in [1.54, 1.807) is 28.3 Å². The predicted molar refractivity (Wildman–Crippen MR) is 79.7 cm³/mol. The highest BCUT2D eigenvalue weighted by molar-refractivity contribution is 7.11. The minimum Gasteiger partial charge on any atom is -0.361 e. The summed E-state index contributed by atoms with van der Waals surface area (Å²) < 4.78 is 1.71. The molecule has 2 aromatic heterocycles. The summed E-state index contributed by atoms with van der Waals surface area (Å²) in [4.78, 5) is 18.8. The Morgan fingerprint density at radius 3 is 2.84 bits per heavy atom. The molecule has 0 aliphatic rings. The van der Waals surface area contributed by atoms with Crippen LogP contribution in [0.5, 0.6) is 0 Å². The van der Waals surface area contributed by atoms with Crippen molar-refractivity contribution >= 4 is 17.2 Å². The topological polar surface area (TPSA) is 46.9 Å². The van der Waals surface area contributed by atoms with Gasteiger partial charge in [0.05, 0.1) is 6.54 Å². The normalized spacial score (nSPS) is 10.9. The average Bonchev–Trinajstić information content (AvgIpc) is 2.76. The number of rotatable bonds is 5. The zero-order valence-corrected chi connectivity index (χ0v) is 12.3. The van der Waals surface area contributed by atoms with Crippen molar-refractivity contribution in [1.82, 2.24) is 9.55 Å². The third kappa shape index (κ3) is 3.67. The van der Waals surface area contributed by atoms with Gasteiger partial charge in [-0.25, -0.2) is 4.98 Å². The maximum absolute atomic E-state index is 12.2. The second-order valence-electron chi connectivity index (χ2n) is 4.99. The molecule has 19 heavy (non-hydrogen) atoms. The maximum Gasteiger partial charge on any atom is 0.293 e. The minimum absolute atomic E-state index is 0.0514. The number of anilines is 1. The highest BCUT2D eigenvalue weighted by Crippen LogP contribution is 2.15. The van der Waals surface area contributed by atoms with Crippen molar-refractivity contribution in [3.05, 3.63) is 44.6 Å². The first-order chi connectivity index (χ1) is 9.06. The van der Waals surface area contributed by atoms with Crippen molar-refractivity contribution in [2.75, 3.05) is 5.32 Å². The summed E-state index contributed by atoms with van der Waals surface area (Å²) in [6.07, 6.45) is 3.41. The van der Waals surface area contributed by atoms with E-state index in [1.165, 1.54) is 9.75 Å². The van der Waals surface area contributed by atoms with Crippen molar-refractivity contribution in [3.63, 3.8) is 0 Å². The standard InChI is InChI=1S/C14H19N3OS/c1-10(2)9-17-7-6-15-13(14(17)18)16-8-12-5-4-11(3)19-12/h4-7,10H,8-9H2,1-3H3,(H,15,16). The molecule has 2 aromatic rings. The van der Waals surface area contributed by atoms with Crippen molar-refractivity contribution in [1.29, 1.82) is 0 Å². The molecule has 0 bridgehead atoms. The molecule has 5 heteroatoms. The zero-order chi connectivity index (χ0) is 13.8. The molecule has 0 aliphatic carbocycles. The fourth-order valence-corrected chi connectivity index (χ4v) is 2.69. The van der Waals surface area contributed by atoms with E-state index in [0.717, 1.165) is 0 Å². The molecule has 0 radical (unpaired) electrons. The van der Waals surface area contributed by atoms with Gasteiger partial charge in [-0.05, 0) is 25.0 Å². The van der Waals surface area contributed by atoms with Gasteiger partial charge in [0.2, 0.25) is 0 Å². The van der Waals surface area contributed by atoms with E-state index in [1.807, 2.05) is 0 Å². The number of thiophene rings is 1. The molecule has 0 unspecified atom stereocenters. The van der Waals surface area contributed by atoms with Gasteiger partial charge in [-0.3, -0.25) is 4.79 Å². The Bertz CT molecular complexity index is 601. The fourth-order valence-electron chi connectivity index (χ4n) is 1.86. The molecule has 0 amide bonds. The Labute approximate surface area is 117 Å². The van der Waals surface area contributed by atoms with Crippen LogP contribution in [0.2, 0.25) is 0 Å². The van der Waals surface area contributed by atoms with E-state index in [0.29, 0.717) is 24.8 Å². The molecule has 0 fully saturated rings. The smallest absolute Gasteiger partial charge is 0.293 e. The van der Waals surface area contributed by atoms with E-state index >= 15 is 0 Å². The number of hydrogen-bond donors (Lipinski definition) is 1. The first-order valence-corrected chi connectivity index (χ1v) is 7.22. The van der Waals surface area contributed by atoms with E-state index in [9.17, 15) is 4.79 Å². The second kappa shape index (κ2) is 6.02. The van der Waals surface area contributed by atoms with Crippen molar-refractivity contribution in [2.24, 2.45) is 5.92 Å². The van der Waals surface area contributed by atoms with Gasteiger partial charge in [0.1, 0.15) is 0 Å². The molecule has 2 rings (SSSR count). The molecule has 102 valence electrons. The highest BCUT2D eigenvalue weighted by atomic mass is 32.1. The van der Waals surface area contributed by atoms with Crippen LogP contribution >= 0.6 is 11.3 Å². The van der Waals surface area contributed by atoms with Gasteiger partial charge < -0.3 is 9.88 Å². The number of nitrogens with one attached hydrogen (secondary N) is 1. The van der Waals surface area contributed by atoms with Crippen LogP contribution in [0.25, 0.3) is 0 Å². The van der Waals surface area contributed by atoms with Crippen molar-refractivity contribution in [2.45, 2.75) is 33.9 Å². The summed E-state index contributed by atoms with van der Waals surface area (Å²) in [5.74, 6) is 0.863. The Morgan fingerprint density at radius 2 is 2.21 bits per heavy atom. The molecule has 2 heterocycles. The van der Waals surface area contributed by atoms with E-state index in [4.69, 9.17) is 0 Å². The lowest BCUT2D eigenvalue weighted by atomic mass is 10.2.